The lowest BCUT2D eigenvalue weighted by Gasteiger charge is -2.08. The fourth-order valence-corrected chi connectivity index (χ4v) is 2.04. The van der Waals surface area contributed by atoms with Crippen LogP contribution in [0.5, 0.6) is 0 Å². The first-order chi connectivity index (χ1) is 12.2. The van der Waals surface area contributed by atoms with Crippen LogP contribution in [0.1, 0.15) is 23.0 Å². The van der Waals surface area contributed by atoms with E-state index in [0.29, 0.717) is 32.1 Å². The molecule has 0 bridgehead atoms. The molecule has 0 aliphatic heterocycles. The SMILES string of the molecule is CCOCCOCC(=O)NCc1cccc(NC(=O)c2ccco2)c1. The van der Waals surface area contributed by atoms with Gasteiger partial charge in [0.25, 0.3) is 5.91 Å². The van der Waals surface area contributed by atoms with Crippen LogP contribution in [-0.2, 0) is 20.8 Å². The van der Waals surface area contributed by atoms with E-state index in [0.717, 1.165) is 5.56 Å². The quantitative estimate of drug-likeness (QED) is 0.644. The van der Waals surface area contributed by atoms with Crippen LogP contribution in [0.25, 0.3) is 0 Å². The van der Waals surface area contributed by atoms with Crippen molar-refractivity contribution in [3.8, 4) is 0 Å². The molecular weight excluding hydrogens is 324 g/mol. The van der Waals surface area contributed by atoms with Gasteiger partial charge in [-0.15, -0.1) is 0 Å². The lowest BCUT2D eigenvalue weighted by atomic mass is 10.2. The molecule has 2 rings (SSSR count). The number of hydrogen-bond acceptors (Lipinski definition) is 5. The Labute approximate surface area is 146 Å². The molecule has 134 valence electrons. The maximum absolute atomic E-state index is 11.9. The normalized spacial score (nSPS) is 10.4. The van der Waals surface area contributed by atoms with Gasteiger partial charge < -0.3 is 24.5 Å². The zero-order chi connectivity index (χ0) is 17.9. The molecule has 0 unspecified atom stereocenters. The first-order valence-electron chi connectivity index (χ1n) is 8.05. The van der Waals surface area contributed by atoms with Gasteiger partial charge in [0, 0.05) is 18.8 Å². The summed E-state index contributed by atoms with van der Waals surface area (Å²) in [6.07, 6.45) is 1.44. The van der Waals surface area contributed by atoms with Gasteiger partial charge in [-0.05, 0) is 36.8 Å². The summed E-state index contributed by atoms with van der Waals surface area (Å²) in [4.78, 5) is 23.7. The van der Waals surface area contributed by atoms with Crippen molar-refractivity contribution in [3.63, 3.8) is 0 Å². The molecule has 0 aliphatic rings. The minimum Gasteiger partial charge on any atom is -0.459 e. The molecule has 0 atom stereocenters. The highest BCUT2D eigenvalue weighted by Gasteiger charge is 2.09. The molecule has 0 spiro atoms. The van der Waals surface area contributed by atoms with Gasteiger partial charge in [-0.1, -0.05) is 12.1 Å². The van der Waals surface area contributed by atoms with Gasteiger partial charge >= 0.3 is 0 Å². The van der Waals surface area contributed by atoms with Crippen LogP contribution < -0.4 is 10.6 Å². The highest BCUT2D eigenvalue weighted by molar-refractivity contribution is 6.02. The van der Waals surface area contributed by atoms with Crippen molar-refractivity contribution in [3.05, 3.63) is 54.0 Å². The van der Waals surface area contributed by atoms with Crippen LogP contribution in [-0.4, -0.2) is 38.2 Å². The van der Waals surface area contributed by atoms with Gasteiger partial charge in [0.2, 0.25) is 5.91 Å². The van der Waals surface area contributed by atoms with Gasteiger partial charge in [0.15, 0.2) is 5.76 Å². The molecule has 2 amide bonds. The van der Waals surface area contributed by atoms with E-state index in [-0.39, 0.29) is 24.2 Å². The highest BCUT2D eigenvalue weighted by atomic mass is 16.5. The van der Waals surface area contributed by atoms with E-state index in [2.05, 4.69) is 10.6 Å². The summed E-state index contributed by atoms with van der Waals surface area (Å²) in [5.74, 6) is -0.293. The standard InChI is InChI=1S/C18H22N2O5/c1-2-23-9-10-24-13-17(21)19-12-14-5-3-6-15(11-14)20-18(22)16-7-4-8-25-16/h3-8,11H,2,9-10,12-13H2,1H3,(H,19,21)(H,20,22). The summed E-state index contributed by atoms with van der Waals surface area (Å²) in [5, 5.41) is 5.50. The van der Waals surface area contributed by atoms with E-state index < -0.39 is 0 Å². The average Bonchev–Trinajstić information content (AvgIpc) is 3.15. The van der Waals surface area contributed by atoms with E-state index in [1.165, 1.54) is 6.26 Å². The monoisotopic (exact) mass is 346 g/mol. The highest BCUT2D eigenvalue weighted by Crippen LogP contribution is 2.12. The summed E-state index contributed by atoms with van der Waals surface area (Å²) in [6.45, 7) is 3.72. The molecule has 0 fully saturated rings. The first-order valence-corrected chi connectivity index (χ1v) is 8.05. The van der Waals surface area contributed by atoms with Crippen molar-refractivity contribution in [2.24, 2.45) is 0 Å². The van der Waals surface area contributed by atoms with Gasteiger partial charge in [-0.25, -0.2) is 0 Å². The smallest absolute Gasteiger partial charge is 0.291 e. The second kappa shape index (κ2) is 10.3. The molecule has 0 saturated carbocycles. The second-order valence-electron chi connectivity index (χ2n) is 5.16. The molecule has 0 radical (unpaired) electrons. The predicted octanol–water partition coefficient (Wildman–Crippen LogP) is 2.20. The Morgan fingerprint density at radius 2 is 1.96 bits per heavy atom. The van der Waals surface area contributed by atoms with Crippen LogP contribution in [0.2, 0.25) is 0 Å². The van der Waals surface area contributed by atoms with Crippen molar-refractivity contribution in [1.29, 1.82) is 0 Å². The van der Waals surface area contributed by atoms with Crippen molar-refractivity contribution >= 4 is 17.5 Å². The molecule has 0 saturated heterocycles. The Hall–Kier alpha value is -2.64. The molecule has 7 nitrogen and oxygen atoms in total. The maximum atomic E-state index is 11.9. The van der Waals surface area contributed by atoms with E-state index in [9.17, 15) is 9.59 Å². The van der Waals surface area contributed by atoms with Crippen LogP contribution in [0.15, 0.2) is 47.1 Å². The van der Waals surface area contributed by atoms with E-state index in [1.807, 2.05) is 13.0 Å². The number of rotatable bonds is 10. The third-order valence-electron chi connectivity index (χ3n) is 3.23. The minimum absolute atomic E-state index is 0.0119. The number of benzene rings is 1. The van der Waals surface area contributed by atoms with Gasteiger partial charge in [-0.3, -0.25) is 9.59 Å². The first kappa shape index (κ1) is 18.7. The molecule has 0 aliphatic carbocycles. The fraction of sp³-hybridized carbons (Fsp3) is 0.333. The fourth-order valence-electron chi connectivity index (χ4n) is 2.04. The van der Waals surface area contributed by atoms with Crippen LogP contribution >= 0.6 is 0 Å². The number of ether oxygens (including phenoxy) is 2. The topological polar surface area (TPSA) is 89.8 Å². The number of carbonyl (C=O) groups is 2. The number of amides is 2. The summed E-state index contributed by atoms with van der Waals surface area (Å²) in [6, 6.07) is 10.5. The Balaban J connectivity index is 1.75. The van der Waals surface area contributed by atoms with Crippen molar-refractivity contribution < 1.29 is 23.5 Å². The third kappa shape index (κ3) is 6.78. The Bertz CT molecular complexity index is 670. The van der Waals surface area contributed by atoms with Gasteiger partial charge in [0.05, 0.1) is 19.5 Å². The van der Waals surface area contributed by atoms with E-state index in [4.69, 9.17) is 13.9 Å². The largest absolute Gasteiger partial charge is 0.459 e. The van der Waals surface area contributed by atoms with Crippen molar-refractivity contribution in [2.75, 3.05) is 31.7 Å². The van der Waals surface area contributed by atoms with Crippen LogP contribution in [0.4, 0.5) is 5.69 Å². The maximum Gasteiger partial charge on any atom is 0.291 e. The number of nitrogens with one attached hydrogen (secondary N) is 2. The summed E-state index contributed by atoms with van der Waals surface area (Å²) < 4.78 is 15.4. The number of hydrogen-bond donors (Lipinski definition) is 2. The predicted molar refractivity (Wildman–Crippen MR) is 92.3 cm³/mol. The summed E-state index contributed by atoms with van der Waals surface area (Å²) in [5.41, 5.74) is 1.49. The zero-order valence-electron chi connectivity index (χ0n) is 14.1. The Kier molecular flexibility index (Phi) is 7.68. The molecule has 1 aromatic heterocycles. The van der Waals surface area contributed by atoms with Gasteiger partial charge in [0.1, 0.15) is 6.61 Å². The molecule has 1 aromatic carbocycles. The zero-order valence-corrected chi connectivity index (χ0v) is 14.1. The molecule has 1 heterocycles. The van der Waals surface area contributed by atoms with E-state index in [1.54, 1.807) is 30.3 Å². The third-order valence-corrected chi connectivity index (χ3v) is 3.23. The molecule has 7 heteroatoms. The Morgan fingerprint density at radius 1 is 1.12 bits per heavy atom. The van der Waals surface area contributed by atoms with Crippen molar-refractivity contribution in [1.82, 2.24) is 5.32 Å². The van der Waals surface area contributed by atoms with Crippen molar-refractivity contribution in [2.45, 2.75) is 13.5 Å². The number of anilines is 1. The Morgan fingerprint density at radius 3 is 2.72 bits per heavy atom. The van der Waals surface area contributed by atoms with E-state index >= 15 is 0 Å². The average molecular weight is 346 g/mol. The molecule has 2 N–H and O–H groups in total. The lowest BCUT2D eigenvalue weighted by molar-refractivity contribution is -0.126. The molecular formula is C18H22N2O5. The number of furan rings is 1. The lowest BCUT2D eigenvalue weighted by Crippen LogP contribution is -2.27. The number of carbonyl (C=O) groups excluding carboxylic acids is 2. The molecule has 25 heavy (non-hydrogen) atoms. The summed E-state index contributed by atoms with van der Waals surface area (Å²) >= 11 is 0. The van der Waals surface area contributed by atoms with Crippen LogP contribution in [0.3, 0.4) is 0 Å². The minimum atomic E-state index is -0.325. The van der Waals surface area contributed by atoms with Gasteiger partial charge in [-0.2, -0.15) is 0 Å². The van der Waals surface area contributed by atoms with Crippen LogP contribution in [0, 0.1) is 0 Å². The second-order valence-corrected chi connectivity index (χ2v) is 5.16. The summed E-state index contributed by atoms with van der Waals surface area (Å²) in [7, 11) is 0. The molecule has 2 aromatic rings.